The van der Waals surface area contributed by atoms with Crippen LogP contribution in [0.1, 0.15) is 98.3 Å². The fraction of sp³-hybridized carbons (Fsp3) is 1.00. The van der Waals surface area contributed by atoms with E-state index in [9.17, 15) is 5.11 Å². The zero-order valence-corrected chi connectivity index (χ0v) is 14.5. The summed E-state index contributed by atoms with van der Waals surface area (Å²) >= 11 is 0. The van der Waals surface area contributed by atoms with Crippen molar-refractivity contribution in [3.8, 4) is 0 Å². The molecule has 20 heavy (non-hydrogen) atoms. The molecule has 0 bridgehead atoms. The van der Waals surface area contributed by atoms with Gasteiger partial charge in [-0.15, -0.1) is 0 Å². The van der Waals surface area contributed by atoms with Crippen LogP contribution in [0.25, 0.3) is 0 Å². The van der Waals surface area contributed by atoms with E-state index in [1.807, 2.05) is 0 Å². The van der Waals surface area contributed by atoms with E-state index in [2.05, 4.69) is 33.0 Å². The van der Waals surface area contributed by atoms with Crippen LogP contribution < -0.4 is 5.32 Å². The summed E-state index contributed by atoms with van der Waals surface area (Å²) in [7, 11) is 0. The molecule has 122 valence electrons. The molecule has 1 atom stereocenters. The first-order valence-corrected chi connectivity index (χ1v) is 8.97. The third-order valence-corrected chi connectivity index (χ3v) is 4.28. The average molecular weight is 286 g/mol. The predicted octanol–water partition coefficient (Wildman–Crippen LogP) is 5.05. The van der Waals surface area contributed by atoms with Gasteiger partial charge in [-0.3, -0.25) is 0 Å². The Kier molecular flexibility index (Phi) is 12.6. The van der Waals surface area contributed by atoms with E-state index in [0.717, 1.165) is 19.4 Å². The number of hydrogen-bond acceptors (Lipinski definition) is 2. The SMILES string of the molecule is CCCCCCCCCCC(O)C(C)(C)NCCCC. The normalized spacial score (nSPS) is 13.7. The van der Waals surface area contributed by atoms with Gasteiger partial charge in [0.2, 0.25) is 0 Å². The Morgan fingerprint density at radius 3 is 1.85 bits per heavy atom. The van der Waals surface area contributed by atoms with Crippen molar-refractivity contribution in [2.45, 2.75) is 110 Å². The van der Waals surface area contributed by atoms with E-state index < -0.39 is 0 Å². The summed E-state index contributed by atoms with van der Waals surface area (Å²) in [4.78, 5) is 0. The highest BCUT2D eigenvalue weighted by Gasteiger charge is 2.26. The van der Waals surface area contributed by atoms with E-state index in [1.165, 1.54) is 57.8 Å². The van der Waals surface area contributed by atoms with Gasteiger partial charge in [-0.1, -0.05) is 71.6 Å². The quantitative estimate of drug-likeness (QED) is 0.438. The van der Waals surface area contributed by atoms with Gasteiger partial charge in [0.05, 0.1) is 6.10 Å². The molecule has 0 heterocycles. The number of nitrogens with one attached hydrogen (secondary N) is 1. The molecule has 0 radical (unpaired) electrons. The van der Waals surface area contributed by atoms with Gasteiger partial charge >= 0.3 is 0 Å². The molecule has 0 aromatic carbocycles. The highest BCUT2D eigenvalue weighted by atomic mass is 16.3. The lowest BCUT2D eigenvalue weighted by Gasteiger charge is -2.32. The van der Waals surface area contributed by atoms with E-state index in [0.29, 0.717) is 0 Å². The molecule has 0 saturated heterocycles. The molecule has 0 aliphatic carbocycles. The molecule has 0 aromatic heterocycles. The highest BCUT2D eigenvalue weighted by molar-refractivity contribution is 4.85. The molecule has 2 nitrogen and oxygen atoms in total. The van der Waals surface area contributed by atoms with Gasteiger partial charge in [0.25, 0.3) is 0 Å². The molecule has 0 aromatic rings. The fourth-order valence-electron chi connectivity index (χ4n) is 2.54. The molecular formula is C18H39NO. The maximum absolute atomic E-state index is 10.3. The molecule has 2 N–H and O–H groups in total. The van der Waals surface area contributed by atoms with Crippen LogP contribution in [-0.2, 0) is 0 Å². The molecule has 0 rings (SSSR count). The summed E-state index contributed by atoms with van der Waals surface area (Å²) in [5.74, 6) is 0. The van der Waals surface area contributed by atoms with Crippen LogP contribution in [0.3, 0.4) is 0 Å². The lowest BCUT2D eigenvalue weighted by molar-refractivity contribution is 0.0703. The van der Waals surface area contributed by atoms with Crippen LogP contribution in [0.4, 0.5) is 0 Å². The van der Waals surface area contributed by atoms with E-state index in [-0.39, 0.29) is 11.6 Å². The van der Waals surface area contributed by atoms with Gasteiger partial charge in [-0.2, -0.15) is 0 Å². The number of unbranched alkanes of at least 4 members (excludes halogenated alkanes) is 8. The molecule has 0 spiro atoms. The second-order valence-corrected chi connectivity index (χ2v) is 6.78. The molecule has 0 saturated carbocycles. The Hall–Kier alpha value is -0.0800. The van der Waals surface area contributed by atoms with E-state index >= 15 is 0 Å². The van der Waals surface area contributed by atoms with Gasteiger partial charge in [-0.25, -0.2) is 0 Å². The summed E-state index contributed by atoms with van der Waals surface area (Å²) in [6, 6.07) is 0. The summed E-state index contributed by atoms with van der Waals surface area (Å²) in [6.45, 7) is 9.72. The summed E-state index contributed by atoms with van der Waals surface area (Å²) < 4.78 is 0. The minimum atomic E-state index is -0.223. The van der Waals surface area contributed by atoms with Crippen LogP contribution in [0, 0.1) is 0 Å². The van der Waals surface area contributed by atoms with Crippen molar-refractivity contribution in [1.82, 2.24) is 5.32 Å². The van der Waals surface area contributed by atoms with Crippen molar-refractivity contribution in [1.29, 1.82) is 0 Å². The molecule has 0 aliphatic rings. The lowest BCUT2D eigenvalue weighted by atomic mass is 9.92. The maximum Gasteiger partial charge on any atom is 0.0716 e. The number of rotatable bonds is 14. The topological polar surface area (TPSA) is 32.3 Å². The standard InChI is InChI=1S/C18H39NO/c1-5-7-9-10-11-12-13-14-15-17(20)18(3,4)19-16-8-6-2/h17,19-20H,5-16H2,1-4H3. The van der Waals surface area contributed by atoms with Gasteiger partial charge in [0, 0.05) is 5.54 Å². The minimum Gasteiger partial charge on any atom is -0.391 e. The minimum absolute atomic E-state index is 0.143. The monoisotopic (exact) mass is 285 g/mol. The Morgan fingerprint density at radius 1 is 0.800 bits per heavy atom. The van der Waals surface area contributed by atoms with Crippen molar-refractivity contribution in [3.63, 3.8) is 0 Å². The largest absolute Gasteiger partial charge is 0.391 e. The zero-order valence-electron chi connectivity index (χ0n) is 14.5. The van der Waals surface area contributed by atoms with Gasteiger partial charge in [0.1, 0.15) is 0 Å². The van der Waals surface area contributed by atoms with E-state index in [1.54, 1.807) is 0 Å². The van der Waals surface area contributed by atoms with Crippen molar-refractivity contribution < 1.29 is 5.11 Å². The van der Waals surface area contributed by atoms with Gasteiger partial charge in [0.15, 0.2) is 0 Å². The van der Waals surface area contributed by atoms with Crippen LogP contribution in [0.2, 0.25) is 0 Å². The summed E-state index contributed by atoms with van der Waals surface area (Å²) in [5.41, 5.74) is -0.143. The molecule has 0 fully saturated rings. The predicted molar refractivity (Wildman–Crippen MR) is 90.2 cm³/mol. The van der Waals surface area contributed by atoms with Crippen LogP contribution in [0.5, 0.6) is 0 Å². The van der Waals surface area contributed by atoms with Crippen LogP contribution in [-0.4, -0.2) is 23.3 Å². The van der Waals surface area contributed by atoms with Crippen molar-refractivity contribution in [2.24, 2.45) is 0 Å². The Balaban J connectivity index is 3.53. The van der Waals surface area contributed by atoms with Crippen LogP contribution in [0.15, 0.2) is 0 Å². The second kappa shape index (κ2) is 12.6. The molecule has 1 unspecified atom stereocenters. The van der Waals surface area contributed by atoms with Gasteiger partial charge < -0.3 is 10.4 Å². The second-order valence-electron chi connectivity index (χ2n) is 6.78. The fourth-order valence-corrected chi connectivity index (χ4v) is 2.54. The molecule has 0 aliphatic heterocycles. The van der Waals surface area contributed by atoms with Crippen molar-refractivity contribution >= 4 is 0 Å². The van der Waals surface area contributed by atoms with Crippen molar-refractivity contribution in [3.05, 3.63) is 0 Å². The third-order valence-electron chi connectivity index (χ3n) is 4.28. The smallest absolute Gasteiger partial charge is 0.0716 e. The Morgan fingerprint density at radius 2 is 1.30 bits per heavy atom. The van der Waals surface area contributed by atoms with E-state index in [4.69, 9.17) is 0 Å². The summed E-state index contributed by atoms with van der Waals surface area (Å²) in [5, 5.41) is 13.8. The first-order chi connectivity index (χ1) is 9.54. The van der Waals surface area contributed by atoms with Crippen LogP contribution >= 0.6 is 0 Å². The zero-order chi connectivity index (χ0) is 15.3. The molecular weight excluding hydrogens is 246 g/mol. The molecule has 0 amide bonds. The maximum atomic E-state index is 10.3. The summed E-state index contributed by atoms with van der Waals surface area (Å²) in [6.07, 6.45) is 13.7. The first kappa shape index (κ1) is 19.9. The van der Waals surface area contributed by atoms with Gasteiger partial charge in [-0.05, 0) is 33.2 Å². The highest BCUT2D eigenvalue weighted by Crippen LogP contribution is 2.17. The average Bonchev–Trinajstić information content (AvgIpc) is 2.41. The first-order valence-electron chi connectivity index (χ1n) is 8.97. The number of aliphatic hydroxyl groups is 1. The molecule has 2 heteroatoms. The number of hydrogen-bond donors (Lipinski definition) is 2. The van der Waals surface area contributed by atoms with Crippen molar-refractivity contribution in [2.75, 3.05) is 6.54 Å². The third kappa shape index (κ3) is 10.7. The Bertz CT molecular complexity index is 204. The Labute approximate surface area is 127 Å². The lowest BCUT2D eigenvalue weighted by Crippen LogP contribution is -2.49. The number of aliphatic hydroxyl groups excluding tert-OH is 1.